The molecule has 0 bridgehead atoms. The lowest BCUT2D eigenvalue weighted by atomic mass is 10.1. The number of hydrogen-bond acceptors (Lipinski definition) is 11. The van der Waals surface area contributed by atoms with Gasteiger partial charge in [0.2, 0.25) is 11.8 Å². The average Bonchev–Trinajstić information content (AvgIpc) is 3.21. The summed E-state index contributed by atoms with van der Waals surface area (Å²) in [6.07, 6.45) is 2.53. The fourth-order valence-corrected chi connectivity index (χ4v) is 4.99. The average molecular weight is 499 g/mol. The molecule has 3 N–H and O–H groups in total. The van der Waals surface area contributed by atoms with Crippen molar-refractivity contribution in [3.8, 4) is 5.88 Å². The lowest BCUT2D eigenvalue weighted by Gasteiger charge is -2.18. The van der Waals surface area contributed by atoms with E-state index in [-0.39, 0.29) is 17.4 Å². The largest absolute Gasteiger partial charge is 0.481 e. The first-order valence-electron chi connectivity index (χ1n) is 11.3. The van der Waals surface area contributed by atoms with Gasteiger partial charge < -0.3 is 20.5 Å². The van der Waals surface area contributed by atoms with Crippen LogP contribution in [0.4, 0.5) is 5.82 Å². The Bertz CT molecular complexity index is 1300. The number of ether oxygens (including phenoxy) is 1. The number of β-amino-alcohol motifs (C(OH)–C–C–N with tert-alkyl or cyclic N) is 1. The fraction of sp³-hybridized carbons (Fsp3) is 0.455. The number of pyridine rings is 1. The number of likely N-dealkylation sites (tertiary alicyclic amines) is 1. The Morgan fingerprint density at radius 3 is 2.94 bits per heavy atom. The first kappa shape index (κ1) is 23.6. The Labute approximate surface area is 205 Å². The van der Waals surface area contributed by atoms with Gasteiger partial charge in [-0.2, -0.15) is 4.98 Å². The lowest BCUT2D eigenvalue weighted by molar-refractivity contribution is -0.113. The molecule has 2 aliphatic heterocycles. The van der Waals surface area contributed by atoms with Gasteiger partial charge >= 0.3 is 0 Å². The number of aliphatic hydroxyl groups excluding tert-OH is 1. The zero-order chi connectivity index (χ0) is 24.4. The molecule has 35 heavy (non-hydrogen) atoms. The molecular formula is C22H26N8O4S. The highest BCUT2D eigenvalue weighted by Crippen LogP contribution is 2.27. The minimum absolute atomic E-state index is 0.0416. The van der Waals surface area contributed by atoms with E-state index in [0.717, 1.165) is 10.7 Å². The summed E-state index contributed by atoms with van der Waals surface area (Å²) in [6, 6.07) is 3.49. The molecule has 3 aromatic heterocycles. The maximum absolute atomic E-state index is 12.5. The van der Waals surface area contributed by atoms with E-state index < -0.39 is 6.10 Å². The Balaban J connectivity index is 1.16. The first-order valence-corrected chi connectivity index (χ1v) is 12.3. The third-order valence-electron chi connectivity index (χ3n) is 6.10. The van der Waals surface area contributed by atoms with Crippen LogP contribution in [0.25, 0.3) is 11.2 Å². The van der Waals surface area contributed by atoms with E-state index in [9.17, 15) is 14.7 Å². The topological polar surface area (TPSA) is 147 Å². The predicted octanol–water partition coefficient (Wildman–Crippen LogP) is -0.283. The summed E-state index contributed by atoms with van der Waals surface area (Å²) in [5.41, 5.74) is 1.60. The molecule has 12 nitrogen and oxygen atoms in total. The monoisotopic (exact) mass is 498 g/mol. The molecule has 13 heteroatoms. The van der Waals surface area contributed by atoms with Gasteiger partial charge in [0.1, 0.15) is 10.5 Å². The van der Waals surface area contributed by atoms with Crippen LogP contribution >= 0.6 is 11.8 Å². The smallest absolute Gasteiger partial charge is 0.270 e. The molecule has 2 atom stereocenters. The number of nitrogens with one attached hydrogen (secondary N) is 2. The van der Waals surface area contributed by atoms with Crippen LogP contribution < -0.4 is 20.9 Å². The van der Waals surface area contributed by atoms with Gasteiger partial charge in [-0.1, -0.05) is 11.8 Å². The van der Waals surface area contributed by atoms with Gasteiger partial charge in [-0.05, 0) is 6.07 Å². The van der Waals surface area contributed by atoms with E-state index in [1.165, 1.54) is 25.1 Å². The van der Waals surface area contributed by atoms with Gasteiger partial charge in [-0.15, -0.1) is 0 Å². The number of hydrogen-bond donors (Lipinski definition) is 3. The second-order valence-corrected chi connectivity index (χ2v) is 9.48. The van der Waals surface area contributed by atoms with Gasteiger partial charge in [-0.3, -0.25) is 19.1 Å². The van der Waals surface area contributed by atoms with Crippen LogP contribution in [0.2, 0.25) is 0 Å². The van der Waals surface area contributed by atoms with Crippen molar-refractivity contribution in [2.45, 2.75) is 24.2 Å². The highest BCUT2D eigenvalue weighted by atomic mass is 32.2. The van der Waals surface area contributed by atoms with Crippen molar-refractivity contribution >= 4 is 34.7 Å². The first-order chi connectivity index (χ1) is 17.0. The summed E-state index contributed by atoms with van der Waals surface area (Å²) in [7, 11) is 1.53. The number of rotatable bonds is 8. The molecule has 0 radical (unpaired) electrons. The SMILES string of the molecule is COc1ccc2ncc(=O)n(CCN3C[C@H](CNCc4cnc5c(n4)NC(=O)CS5)[C@H](O)C3)c2n1. The molecule has 1 fully saturated rings. The number of carbonyl (C=O) groups is 1. The molecule has 1 saturated heterocycles. The van der Waals surface area contributed by atoms with Crippen molar-refractivity contribution in [3.63, 3.8) is 0 Å². The van der Waals surface area contributed by atoms with Crippen molar-refractivity contribution in [3.05, 3.63) is 40.6 Å². The summed E-state index contributed by atoms with van der Waals surface area (Å²) < 4.78 is 6.78. The van der Waals surface area contributed by atoms with E-state index in [2.05, 4.69) is 35.5 Å². The molecule has 0 saturated carbocycles. The van der Waals surface area contributed by atoms with Crippen LogP contribution in [0.1, 0.15) is 5.69 Å². The van der Waals surface area contributed by atoms with Crippen LogP contribution in [0, 0.1) is 5.92 Å². The zero-order valence-corrected chi connectivity index (χ0v) is 20.0. The molecule has 0 spiro atoms. The number of anilines is 1. The van der Waals surface area contributed by atoms with E-state index in [1.807, 2.05) is 0 Å². The highest BCUT2D eigenvalue weighted by Gasteiger charge is 2.31. The Morgan fingerprint density at radius 1 is 1.20 bits per heavy atom. The lowest BCUT2D eigenvalue weighted by Crippen LogP contribution is -2.31. The standard InChI is InChI=1S/C22H26N8O4S/c1-34-18-3-2-15-21(28-18)30(19(33)9-24-15)5-4-29-10-13(16(31)11-29)6-23-7-14-8-25-22-20(26-14)27-17(32)12-35-22/h2-3,8-9,13,16,23,31H,4-7,10-12H2,1H3,(H,26,27,32)/t13-,16+/m0/s1. The van der Waals surface area contributed by atoms with E-state index in [4.69, 9.17) is 4.74 Å². The van der Waals surface area contributed by atoms with Crippen molar-refractivity contribution in [1.82, 2.24) is 34.7 Å². The minimum atomic E-state index is -0.475. The zero-order valence-electron chi connectivity index (χ0n) is 19.2. The molecule has 3 aromatic rings. The molecule has 1 amide bonds. The second kappa shape index (κ2) is 10.2. The van der Waals surface area contributed by atoms with Gasteiger partial charge in [0, 0.05) is 51.3 Å². The van der Waals surface area contributed by atoms with Crippen molar-refractivity contribution in [2.75, 3.05) is 44.4 Å². The number of methoxy groups -OCH3 is 1. The minimum Gasteiger partial charge on any atom is -0.481 e. The Hall–Kier alpha value is -3.13. The second-order valence-electron chi connectivity index (χ2n) is 8.51. The number of nitrogens with zero attached hydrogens (tertiary/aromatic N) is 6. The van der Waals surface area contributed by atoms with Gasteiger partial charge in [-0.25, -0.2) is 15.0 Å². The van der Waals surface area contributed by atoms with Crippen LogP contribution in [0.3, 0.4) is 0 Å². The number of aliphatic hydroxyl groups is 1. The molecule has 5 rings (SSSR count). The van der Waals surface area contributed by atoms with Crippen molar-refractivity contribution < 1.29 is 14.6 Å². The molecule has 5 heterocycles. The van der Waals surface area contributed by atoms with Gasteiger partial charge in [0.25, 0.3) is 5.56 Å². The maximum atomic E-state index is 12.5. The number of carbonyl (C=O) groups excluding carboxylic acids is 1. The highest BCUT2D eigenvalue weighted by molar-refractivity contribution is 8.00. The number of thioether (sulfide) groups is 1. The Kier molecular flexibility index (Phi) is 6.90. The van der Waals surface area contributed by atoms with E-state index in [0.29, 0.717) is 67.9 Å². The van der Waals surface area contributed by atoms with Crippen LogP contribution in [0.15, 0.2) is 34.3 Å². The molecule has 0 aliphatic carbocycles. The third-order valence-corrected chi connectivity index (χ3v) is 7.07. The summed E-state index contributed by atoms with van der Waals surface area (Å²) in [5, 5.41) is 17.4. The molecular weight excluding hydrogens is 472 g/mol. The number of fused-ring (bicyclic) bond motifs is 2. The van der Waals surface area contributed by atoms with Crippen LogP contribution in [-0.2, 0) is 17.9 Å². The number of aromatic nitrogens is 5. The predicted molar refractivity (Wildman–Crippen MR) is 129 cm³/mol. The molecule has 0 unspecified atom stereocenters. The molecule has 184 valence electrons. The van der Waals surface area contributed by atoms with E-state index in [1.54, 1.807) is 22.9 Å². The van der Waals surface area contributed by atoms with Crippen LogP contribution in [-0.4, -0.2) is 85.6 Å². The summed E-state index contributed by atoms with van der Waals surface area (Å²) in [6.45, 7) is 3.34. The normalized spacial score (nSPS) is 20.1. The summed E-state index contributed by atoms with van der Waals surface area (Å²) in [5.74, 6) is 1.24. The fourth-order valence-electron chi connectivity index (χ4n) is 4.29. The van der Waals surface area contributed by atoms with Crippen LogP contribution in [0.5, 0.6) is 5.88 Å². The Morgan fingerprint density at radius 2 is 2.09 bits per heavy atom. The van der Waals surface area contributed by atoms with Gasteiger partial charge in [0.15, 0.2) is 11.5 Å². The van der Waals surface area contributed by atoms with Crippen molar-refractivity contribution in [1.29, 1.82) is 0 Å². The quantitative estimate of drug-likeness (QED) is 0.377. The molecule has 0 aromatic carbocycles. The van der Waals surface area contributed by atoms with Gasteiger partial charge in [0.05, 0.1) is 37.1 Å². The maximum Gasteiger partial charge on any atom is 0.270 e. The number of amides is 1. The summed E-state index contributed by atoms with van der Waals surface area (Å²) in [4.78, 5) is 43.6. The summed E-state index contributed by atoms with van der Waals surface area (Å²) >= 11 is 1.38. The molecule has 2 aliphatic rings. The van der Waals surface area contributed by atoms with E-state index >= 15 is 0 Å². The van der Waals surface area contributed by atoms with Crippen molar-refractivity contribution in [2.24, 2.45) is 5.92 Å². The third kappa shape index (κ3) is 5.27.